The number of fused-ring (bicyclic) bond motifs is 9. The number of rotatable bonds is 0. The summed E-state index contributed by atoms with van der Waals surface area (Å²) < 4.78 is 18.1. The molecule has 0 saturated heterocycles. The smallest absolute Gasteiger partial charge is 0.341 e. The fraction of sp³-hybridized carbons (Fsp3) is 0.111. The standard InChI is InChI=1S/C27H11Cl5O6/c28-18-16-17(19(29)21(31)20(18)30)27(38-26(16)35)13-5-1-9-7-11(33)3-4-12(9)24(13)37-25-14(27)8-10-2-6-15(34)36-23(10)22(25)32/h1,3-5,7-8,33H,2,6H2. The summed E-state index contributed by atoms with van der Waals surface area (Å²) in [6.07, 6.45) is 0.489. The Morgan fingerprint density at radius 2 is 1.50 bits per heavy atom. The summed E-state index contributed by atoms with van der Waals surface area (Å²) >= 11 is 32.9. The number of esters is 2. The van der Waals surface area contributed by atoms with Crippen LogP contribution in [0.15, 0.2) is 36.4 Å². The highest BCUT2D eigenvalue weighted by atomic mass is 35.5. The maximum absolute atomic E-state index is 13.5. The van der Waals surface area contributed by atoms with Crippen LogP contribution in [0.1, 0.15) is 39.0 Å². The molecule has 0 bridgehead atoms. The molecule has 0 fully saturated rings. The van der Waals surface area contributed by atoms with Gasteiger partial charge in [0.1, 0.15) is 16.5 Å². The fourth-order valence-electron chi connectivity index (χ4n) is 5.42. The average Bonchev–Trinajstić information content (AvgIpc) is 3.20. The van der Waals surface area contributed by atoms with Crippen molar-refractivity contribution in [2.75, 3.05) is 0 Å². The van der Waals surface area contributed by atoms with E-state index in [0.717, 1.165) is 0 Å². The first-order valence-electron chi connectivity index (χ1n) is 11.2. The molecule has 0 radical (unpaired) electrons. The minimum atomic E-state index is -1.68. The number of hydrogen-bond donors (Lipinski definition) is 1. The highest BCUT2D eigenvalue weighted by Gasteiger charge is 2.57. The summed E-state index contributed by atoms with van der Waals surface area (Å²) in [6, 6.07) is 9.91. The lowest BCUT2D eigenvalue weighted by atomic mass is 9.76. The Labute approximate surface area is 239 Å². The van der Waals surface area contributed by atoms with Gasteiger partial charge in [0.25, 0.3) is 0 Å². The van der Waals surface area contributed by atoms with E-state index in [1.54, 1.807) is 30.3 Å². The van der Waals surface area contributed by atoms with Gasteiger partial charge in [-0.2, -0.15) is 0 Å². The van der Waals surface area contributed by atoms with Crippen molar-refractivity contribution in [3.05, 3.63) is 89.3 Å². The van der Waals surface area contributed by atoms with Gasteiger partial charge in [0.2, 0.25) is 0 Å². The van der Waals surface area contributed by atoms with E-state index >= 15 is 0 Å². The van der Waals surface area contributed by atoms with Crippen LogP contribution in [-0.2, 0) is 21.6 Å². The van der Waals surface area contributed by atoms with Gasteiger partial charge in [0.15, 0.2) is 17.1 Å². The average molecular weight is 609 g/mol. The van der Waals surface area contributed by atoms with E-state index in [1.165, 1.54) is 6.07 Å². The fourth-order valence-corrected chi connectivity index (χ4v) is 6.79. The zero-order valence-corrected chi connectivity index (χ0v) is 22.5. The van der Waals surface area contributed by atoms with Crippen molar-refractivity contribution >= 4 is 80.7 Å². The van der Waals surface area contributed by atoms with Crippen LogP contribution in [-0.4, -0.2) is 17.0 Å². The van der Waals surface area contributed by atoms with Gasteiger partial charge in [-0.3, -0.25) is 4.79 Å². The molecule has 1 atom stereocenters. The molecule has 6 nitrogen and oxygen atoms in total. The van der Waals surface area contributed by atoms with Gasteiger partial charge in [0.05, 0.1) is 32.1 Å². The van der Waals surface area contributed by atoms with Crippen molar-refractivity contribution in [3.63, 3.8) is 0 Å². The lowest BCUT2D eigenvalue weighted by Gasteiger charge is -2.38. The van der Waals surface area contributed by atoms with E-state index < -0.39 is 17.5 Å². The molecule has 1 unspecified atom stereocenters. The first kappa shape index (κ1) is 24.2. The van der Waals surface area contributed by atoms with Crippen LogP contribution in [0.4, 0.5) is 0 Å². The predicted molar refractivity (Wildman–Crippen MR) is 143 cm³/mol. The molecule has 7 rings (SSSR count). The molecule has 0 saturated carbocycles. The van der Waals surface area contributed by atoms with Gasteiger partial charge in [-0.1, -0.05) is 64.1 Å². The summed E-state index contributed by atoms with van der Waals surface area (Å²) in [7, 11) is 0. The molecule has 3 aliphatic rings. The maximum atomic E-state index is 13.5. The molecular formula is C27H11Cl5O6. The SMILES string of the molecule is O=C1CCc2cc3c(c(Cl)c2O1)Oc1c(ccc2cc(O)ccc12)C31OC(=O)c2c(Cl)c(Cl)c(Cl)c(Cl)c21. The summed E-state index contributed by atoms with van der Waals surface area (Å²) in [5.41, 5.74) is -0.121. The summed E-state index contributed by atoms with van der Waals surface area (Å²) in [5.74, 6) is -0.585. The molecule has 0 amide bonds. The predicted octanol–water partition coefficient (Wildman–Crippen LogP) is 8.23. The largest absolute Gasteiger partial charge is 0.508 e. The Kier molecular flexibility index (Phi) is 5.14. The van der Waals surface area contributed by atoms with Crippen molar-refractivity contribution < 1.29 is 28.9 Å². The summed E-state index contributed by atoms with van der Waals surface area (Å²) in [5, 5.41) is 11.1. The molecule has 190 valence electrons. The Bertz CT molecular complexity index is 1820. The molecular weight excluding hydrogens is 598 g/mol. The van der Waals surface area contributed by atoms with Gasteiger partial charge in [-0.05, 0) is 47.7 Å². The molecule has 11 heteroatoms. The molecule has 0 aliphatic carbocycles. The molecule has 3 aliphatic heterocycles. The lowest BCUT2D eigenvalue weighted by Crippen LogP contribution is -2.34. The topological polar surface area (TPSA) is 82.1 Å². The first-order valence-corrected chi connectivity index (χ1v) is 13.1. The monoisotopic (exact) mass is 606 g/mol. The number of carbonyl (C=O) groups is 2. The minimum absolute atomic E-state index is 0.0215. The van der Waals surface area contributed by atoms with Gasteiger partial charge >= 0.3 is 11.9 Å². The third-order valence-corrected chi connectivity index (χ3v) is 9.20. The van der Waals surface area contributed by atoms with Crippen LogP contribution in [0.25, 0.3) is 10.8 Å². The van der Waals surface area contributed by atoms with Crippen LogP contribution in [0.3, 0.4) is 0 Å². The highest BCUT2D eigenvalue weighted by Crippen LogP contribution is 2.63. The second kappa shape index (κ2) is 8.07. The van der Waals surface area contributed by atoms with E-state index in [2.05, 4.69) is 0 Å². The number of carbonyl (C=O) groups excluding carboxylic acids is 2. The quantitative estimate of drug-likeness (QED) is 0.0938. The van der Waals surface area contributed by atoms with Gasteiger partial charge < -0.3 is 19.3 Å². The van der Waals surface area contributed by atoms with E-state index in [1.807, 2.05) is 0 Å². The van der Waals surface area contributed by atoms with Crippen LogP contribution < -0.4 is 9.47 Å². The Morgan fingerprint density at radius 3 is 2.29 bits per heavy atom. The number of aromatic hydroxyl groups is 1. The number of benzene rings is 4. The summed E-state index contributed by atoms with van der Waals surface area (Å²) in [4.78, 5) is 25.6. The number of phenols is 1. The lowest BCUT2D eigenvalue weighted by molar-refractivity contribution is -0.135. The van der Waals surface area contributed by atoms with Crippen molar-refractivity contribution in [2.24, 2.45) is 0 Å². The molecule has 1 spiro atoms. The van der Waals surface area contributed by atoms with Gasteiger partial charge in [0, 0.05) is 22.1 Å². The zero-order chi connectivity index (χ0) is 26.7. The Morgan fingerprint density at radius 1 is 0.737 bits per heavy atom. The molecule has 0 aromatic heterocycles. The number of phenolic OH excluding ortho intramolecular Hbond substituents is 1. The number of hydrogen-bond acceptors (Lipinski definition) is 6. The first-order chi connectivity index (χ1) is 18.1. The molecule has 38 heavy (non-hydrogen) atoms. The Balaban J connectivity index is 1.67. The zero-order valence-electron chi connectivity index (χ0n) is 18.8. The molecule has 4 aromatic rings. The van der Waals surface area contributed by atoms with Crippen molar-refractivity contribution in [1.82, 2.24) is 0 Å². The third kappa shape index (κ3) is 2.98. The van der Waals surface area contributed by atoms with Gasteiger partial charge in [-0.15, -0.1) is 0 Å². The number of aryl methyl sites for hydroxylation is 1. The second-order valence-electron chi connectivity index (χ2n) is 9.06. The van der Waals surface area contributed by atoms with Crippen molar-refractivity contribution in [2.45, 2.75) is 18.4 Å². The second-order valence-corrected chi connectivity index (χ2v) is 10.9. The molecule has 4 aromatic carbocycles. The van der Waals surface area contributed by atoms with Crippen molar-refractivity contribution in [3.8, 4) is 23.0 Å². The maximum Gasteiger partial charge on any atom is 0.341 e. The summed E-state index contributed by atoms with van der Waals surface area (Å²) in [6.45, 7) is 0. The third-order valence-electron chi connectivity index (χ3n) is 7.05. The Hall–Kier alpha value is -2.87. The van der Waals surface area contributed by atoms with E-state index in [-0.39, 0.29) is 65.7 Å². The van der Waals surface area contributed by atoms with E-state index in [4.69, 9.17) is 72.2 Å². The van der Waals surface area contributed by atoms with E-state index in [9.17, 15) is 14.7 Å². The normalized spacial score (nSPS) is 18.9. The minimum Gasteiger partial charge on any atom is -0.508 e. The van der Waals surface area contributed by atoms with Crippen LogP contribution in [0.2, 0.25) is 25.1 Å². The number of halogens is 5. The van der Waals surface area contributed by atoms with E-state index in [0.29, 0.717) is 33.9 Å². The highest BCUT2D eigenvalue weighted by molar-refractivity contribution is 6.53. The van der Waals surface area contributed by atoms with Crippen LogP contribution in [0.5, 0.6) is 23.0 Å². The van der Waals surface area contributed by atoms with Crippen molar-refractivity contribution in [1.29, 1.82) is 0 Å². The van der Waals surface area contributed by atoms with Gasteiger partial charge in [-0.25, -0.2) is 4.79 Å². The molecule has 1 N–H and O–H groups in total. The molecule has 3 heterocycles. The van der Waals surface area contributed by atoms with Crippen LogP contribution >= 0.6 is 58.0 Å². The number of ether oxygens (including phenoxy) is 3. The van der Waals surface area contributed by atoms with Crippen LogP contribution in [0, 0.1) is 0 Å².